The van der Waals surface area contributed by atoms with Crippen LogP contribution in [0.2, 0.25) is 0 Å². The van der Waals surface area contributed by atoms with Gasteiger partial charge in [-0.15, -0.1) is 0 Å². The lowest BCUT2D eigenvalue weighted by atomic mass is 10.2. The van der Waals surface area contributed by atoms with E-state index in [2.05, 4.69) is 26.8 Å². The zero-order chi connectivity index (χ0) is 14.7. The van der Waals surface area contributed by atoms with Crippen molar-refractivity contribution in [3.05, 3.63) is 35.5 Å². The Morgan fingerprint density at radius 3 is 2.76 bits per heavy atom. The van der Waals surface area contributed by atoms with Crippen molar-refractivity contribution in [3.8, 4) is 23.5 Å². The van der Waals surface area contributed by atoms with Crippen molar-refractivity contribution in [3.63, 3.8) is 0 Å². The summed E-state index contributed by atoms with van der Waals surface area (Å²) in [4.78, 5) is 10.8. The topological polar surface area (TPSA) is 85.5 Å². The van der Waals surface area contributed by atoms with Crippen molar-refractivity contribution in [1.29, 1.82) is 0 Å². The normalized spacial score (nSPS) is 13.3. The summed E-state index contributed by atoms with van der Waals surface area (Å²) < 4.78 is 9.68. The van der Waals surface area contributed by atoms with Gasteiger partial charge in [0.1, 0.15) is 5.75 Å². The van der Waals surface area contributed by atoms with E-state index in [4.69, 9.17) is 9.84 Å². The number of nitrogens with zero attached hydrogens (tertiary/aromatic N) is 2. The highest BCUT2D eigenvalue weighted by Crippen LogP contribution is 2.31. The molecule has 1 aromatic heterocycles. The summed E-state index contributed by atoms with van der Waals surface area (Å²) >= 11 is 0. The summed E-state index contributed by atoms with van der Waals surface area (Å²) in [5, 5.41) is 15.5. The Balaban J connectivity index is 1.67. The van der Waals surface area contributed by atoms with Gasteiger partial charge < -0.3 is 9.84 Å². The molecule has 0 aliphatic heterocycles. The van der Waals surface area contributed by atoms with Crippen LogP contribution in [-0.2, 0) is 0 Å². The lowest BCUT2D eigenvalue weighted by molar-refractivity contribution is 0.0683. The van der Waals surface area contributed by atoms with Crippen LogP contribution in [-0.4, -0.2) is 21.4 Å². The largest absolute Gasteiger partial charge is 0.476 e. The fraction of sp³-hybridized carbons (Fsp3) is 0.267. The highest BCUT2D eigenvalue weighted by atomic mass is 16.6. The molecule has 1 saturated carbocycles. The fourth-order valence-electron chi connectivity index (χ4n) is 1.72. The summed E-state index contributed by atoms with van der Waals surface area (Å²) in [6, 6.07) is 7.01. The SMILES string of the molecule is O=C(O)c1nonc1Oc1ccc(C#CCC2CC2)cc1. The average Bonchev–Trinajstić information content (AvgIpc) is 3.17. The summed E-state index contributed by atoms with van der Waals surface area (Å²) in [5.41, 5.74) is 0.531. The fourth-order valence-corrected chi connectivity index (χ4v) is 1.72. The third-order valence-corrected chi connectivity index (χ3v) is 3.05. The van der Waals surface area contributed by atoms with Gasteiger partial charge in [-0.2, -0.15) is 0 Å². The predicted molar refractivity (Wildman–Crippen MR) is 72.0 cm³/mol. The molecule has 106 valence electrons. The van der Waals surface area contributed by atoms with Crippen LogP contribution in [0, 0.1) is 17.8 Å². The molecule has 1 fully saturated rings. The van der Waals surface area contributed by atoms with Gasteiger partial charge in [-0.3, -0.25) is 0 Å². The number of aromatic carboxylic acids is 1. The molecule has 1 heterocycles. The van der Waals surface area contributed by atoms with Crippen molar-refractivity contribution in [2.45, 2.75) is 19.3 Å². The van der Waals surface area contributed by atoms with Gasteiger partial charge in [0.25, 0.3) is 11.6 Å². The maximum Gasteiger partial charge on any atom is 0.363 e. The minimum atomic E-state index is -1.26. The Morgan fingerprint density at radius 2 is 2.10 bits per heavy atom. The number of hydrogen-bond acceptors (Lipinski definition) is 5. The molecule has 3 rings (SSSR count). The Bertz CT molecular complexity index is 705. The number of carbonyl (C=O) groups is 1. The molecule has 1 N–H and O–H groups in total. The zero-order valence-corrected chi connectivity index (χ0v) is 11.1. The second-order valence-electron chi connectivity index (χ2n) is 4.80. The van der Waals surface area contributed by atoms with Crippen molar-refractivity contribution in [1.82, 2.24) is 10.3 Å². The first-order chi connectivity index (χ1) is 10.2. The van der Waals surface area contributed by atoms with E-state index < -0.39 is 5.97 Å². The first-order valence-corrected chi connectivity index (χ1v) is 6.55. The molecule has 1 aromatic carbocycles. The molecule has 6 nitrogen and oxygen atoms in total. The molecule has 0 spiro atoms. The molecule has 0 bridgehead atoms. The number of benzene rings is 1. The number of ether oxygens (including phenoxy) is 1. The second kappa shape index (κ2) is 5.67. The van der Waals surface area contributed by atoms with Gasteiger partial charge >= 0.3 is 5.97 Å². The second-order valence-corrected chi connectivity index (χ2v) is 4.80. The van der Waals surface area contributed by atoms with E-state index in [1.165, 1.54) is 12.8 Å². The van der Waals surface area contributed by atoms with Gasteiger partial charge in [0, 0.05) is 12.0 Å². The number of hydrogen-bond donors (Lipinski definition) is 1. The third-order valence-electron chi connectivity index (χ3n) is 3.05. The van der Waals surface area contributed by atoms with Crippen LogP contribution >= 0.6 is 0 Å². The molecule has 0 radical (unpaired) electrons. The highest BCUT2D eigenvalue weighted by molar-refractivity contribution is 5.87. The van der Waals surface area contributed by atoms with E-state index in [-0.39, 0.29) is 11.6 Å². The molecular weight excluding hydrogens is 272 g/mol. The molecule has 21 heavy (non-hydrogen) atoms. The minimum Gasteiger partial charge on any atom is -0.476 e. The molecule has 0 amide bonds. The Kier molecular flexibility index (Phi) is 3.56. The minimum absolute atomic E-state index is 0.171. The summed E-state index contributed by atoms with van der Waals surface area (Å²) in [5.74, 6) is 6.04. The molecule has 2 aromatic rings. The molecule has 0 saturated heterocycles. The first-order valence-electron chi connectivity index (χ1n) is 6.55. The Morgan fingerprint density at radius 1 is 1.33 bits per heavy atom. The van der Waals surface area contributed by atoms with Crippen molar-refractivity contribution in [2.75, 3.05) is 0 Å². The lowest BCUT2D eigenvalue weighted by Gasteiger charge is -2.01. The predicted octanol–water partition coefficient (Wildman–Crippen LogP) is 2.71. The lowest BCUT2D eigenvalue weighted by Crippen LogP contribution is -1.99. The van der Waals surface area contributed by atoms with Crippen LogP contribution in [0.4, 0.5) is 0 Å². The van der Waals surface area contributed by atoms with Gasteiger partial charge in [0.2, 0.25) is 0 Å². The molecule has 1 aliphatic rings. The molecule has 6 heteroatoms. The van der Waals surface area contributed by atoms with E-state index in [9.17, 15) is 4.79 Å². The van der Waals surface area contributed by atoms with Gasteiger partial charge in [0.15, 0.2) is 0 Å². The van der Waals surface area contributed by atoms with Gasteiger partial charge in [-0.25, -0.2) is 9.42 Å². The first kappa shape index (κ1) is 13.2. The monoisotopic (exact) mass is 284 g/mol. The molecule has 0 unspecified atom stereocenters. The Labute approximate surface area is 120 Å². The molecular formula is C15H12N2O4. The quantitative estimate of drug-likeness (QED) is 0.869. The number of aromatic nitrogens is 2. The van der Waals surface area contributed by atoms with Crippen LogP contribution in [0.3, 0.4) is 0 Å². The van der Waals surface area contributed by atoms with Crippen LogP contribution in [0.5, 0.6) is 11.6 Å². The number of carboxylic acid groups (broad SMARTS) is 1. The smallest absolute Gasteiger partial charge is 0.363 e. The van der Waals surface area contributed by atoms with Crippen molar-refractivity contribution in [2.24, 2.45) is 5.92 Å². The van der Waals surface area contributed by atoms with Gasteiger partial charge in [-0.05, 0) is 53.3 Å². The van der Waals surface area contributed by atoms with E-state index in [1.807, 2.05) is 12.1 Å². The number of rotatable bonds is 4. The standard InChI is InChI=1S/C15H12N2O4/c18-15(19)13-14(17-21-16-13)20-12-8-6-11(7-9-12)3-1-2-10-4-5-10/h6-10H,2,4-5H2,(H,18,19). The van der Waals surface area contributed by atoms with Crippen molar-refractivity contribution < 1.29 is 19.3 Å². The van der Waals surface area contributed by atoms with Crippen LogP contribution < -0.4 is 4.74 Å². The average molecular weight is 284 g/mol. The van der Waals surface area contributed by atoms with E-state index in [1.54, 1.807) is 12.1 Å². The highest BCUT2D eigenvalue weighted by Gasteiger charge is 2.20. The summed E-state index contributed by atoms with van der Waals surface area (Å²) in [7, 11) is 0. The van der Waals surface area contributed by atoms with E-state index in [0.29, 0.717) is 5.75 Å². The van der Waals surface area contributed by atoms with Crippen LogP contribution in [0.15, 0.2) is 28.9 Å². The molecule has 1 aliphatic carbocycles. The van der Waals surface area contributed by atoms with Gasteiger partial charge in [-0.1, -0.05) is 11.8 Å². The van der Waals surface area contributed by atoms with E-state index in [0.717, 1.165) is 17.9 Å². The van der Waals surface area contributed by atoms with Crippen molar-refractivity contribution >= 4 is 5.97 Å². The zero-order valence-electron chi connectivity index (χ0n) is 11.1. The van der Waals surface area contributed by atoms with E-state index >= 15 is 0 Å². The maximum atomic E-state index is 10.8. The van der Waals surface area contributed by atoms with Gasteiger partial charge in [0.05, 0.1) is 0 Å². The summed E-state index contributed by atoms with van der Waals surface area (Å²) in [6.45, 7) is 0. The number of carboxylic acids is 1. The third kappa shape index (κ3) is 3.39. The van der Waals surface area contributed by atoms with Crippen LogP contribution in [0.25, 0.3) is 0 Å². The van der Waals surface area contributed by atoms with Crippen LogP contribution in [0.1, 0.15) is 35.3 Å². The maximum absolute atomic E-state index is 10.8. The summed E-state index contributed by atoms with van der Waals surface area (Å²) in [6.07, 6.45) is 3.53. The molecule has 0 atom stereocenters. The Hall–Kier alpha value is -2.81.